The normalized spacial score (nSPS) is 16.6. The van der Waals surface area contributed by atoms with E-state index in [-0.39, 0.29) is 6.10 Å². The molecule has 1 unspecified atom stereocenters. The number of hydrogen-bond acceptors (Lipinski definition) is 5. The number of rotatable bonds is 12. The van der Waals surface area contributed by atoms with E-state index < -0.39 is 0 Å². The van der Waals surface area contributed by atoms with Gasteiger partial charge in [-0.15, -0.1) is 10.2 Å². The molecule has 7 nitrogen and oxygen atoms in total. The molecule has 0 amide bonds. The molecular weight excluding hydrogens is 384 g/mol. The Labute approximate surface area is 180 Å². The van der Waals surface area contributed by atoms with Crippen LogP contribution < -0.4 is 10.6 Å². The van der Waals surface area contributed by atoms with E-state index >= 15 is 0 Å². The van der Waals surface area contributed by atoms with E-state index in [1.807, 2.05) is 7.05 Å². The number of thioether (sulfide) groups is 1. The van der Waals surface area contributed by atoms with Gasteiger partial charge in [0.25, 0.3) is 0 Å². The van der Waals surface area contributed by atoms with Gasteiger partial charge in [-0.1, -0.05) is 38.5 Å². The van der Waals surface area contributed by atoms with Crippen LogP contribution in [0.25, 0.3) is 0 Å². The third kappa shape index (κ3) is 7.48. The van der Waals surface area contributed by atoms with Crippen LogP contribution in [-0.2, 0) is 11.2 Å². The molecule has 0 spiro atoms. The van der Waals surface area contributed by atoms with Crippen molar-refractivity contribution in [1.82, 2.24) is 25.4 Å². The number of aliphatic imine (C=N–C) groups is 1. The molecule has 2 rings (SSSR count). The van der Waals surface area contributed by atoms with Gasteiger partial charge in [0.05, 0.1) is 6.10 Å². The van der Waals surface area contributed by atoms with Gasteiger partial charge in [-0.3, -0.25) is 4.99 Å². The molecule has 0 saturated heterocycles. The van der Waals surface area contributed by atoms with E-state index in [0.717, 1.165) is 55.9 Å². The van der Waals surface area contributed by atoms with Crippen molar-refractivity contribution in [3.63, 3.8) is 0 Å². The van der Waals surface area contributed by atoms with E-state index in [1.165, 1.54) is 25.7 Å². The Hall–Kier alpha value is -1.28. The number of guanidine groups is 1. The second-order valence-electron chi connectivity index (χ2n) is 7.97. The van der Waals surface area contributed by atoms with E-state index in [2.05, 4.69) is 57.4 Å². The van der Waals surface area contributed by atoms with Crippen molar-refractivity contribution in [2.24, 2.45) is 10.9 Å². The maximum absolute atomic E-state index is 5.81. The fraction of sp³-hybridized carbons (Fsp3) is 0.857. The molecule has 8 heteroatoms. The first-order chi connectivity index (χ1) is 14.1. The number of aryl methyl sites for hydroxylation is 1. The van der Waals surface area contributed by atoms with E-state index in [0.29, 0.717) is 12.0 Å². The second-order valence-corrected chi connectivity index (χ2v) is 8.74. The molecule has 1 fully saturated rings. The van der Waals surface area contributed by atoms with Crippen LogP contribution in [0, 0.1) is 5.92 Å². The van der Waals surface area contributed by atoms with Crippen LogP contribution >= 0.6 is 11.8 Å². The molecule has 0 aromatic carbocycles. The molecular formula is C21H40N6OS. The Morgan fingerprint density at radius 1 is 1.24 bits per heavy atom. The summed E-state index contributed by atoms with van der Waals surface area (Å²) in [5.41, 5.74) is 0. The molecule has 1 atom stereocenters. The first kappa shape index (κ1) is 24.0. The highest BCUT2D eigenvalue weighted by molar-refractivity contribution is 7.98. The van der Waals surface area contributed by atoms with Crippen molar-refractivity contribution < 1.29 is 4.74 Å². The van der Waals surface area contributed by atoms with Crippen LogP contribution in [0.5, 0.6) is 0 Å². The second kappa shape index (κ2) is 13.1. The molecule has 0 bridgehead atoms. The van der Waals surface area contributed by atoms with Crippen molar-refractivity contribution in [1.29, 1.82) is 0 Å². The fourth-order valence-electron chi connectivity index (χ4n) is 3.98. The fourth-order valence-corrected chi connectivity index (χ4v) is 4.55. The van der Waals surface area contributed by atoms with Crippen LogP contribution in [0.2, 0.25) is 0 Å². The average molecular weight is 425 g/mol. The lowest BCUT2D eigenvalue weighted by Crippen LogP contribution is -2.39. The first-order valence-electron chi connectivity index (χ1n) is 11.1. The minimum absolute atomic E-state index is 0.290. The predicted octanol–water partition coefficient (Wildman–Crippen LogP) is 3.66. The van der Waals surface area contributed by atoms with E-state index in [1.54, 1.807) is 11.8 Å². The van der Waals surface area contributed by atoms with Gasteiger partial charge in [-0.05, 0) is 44.8 Å². The van der Waals surface area contributed by atoms with E-state index in [4.69, 9.17) is 4.74 Å². The minimum Gasteiger partial charge on any atom is -0.378 e. The summed E-state index contributed by atoms with van der Waals surface area (Å²) < 4.78 is 8.21. The zero-order valence-corrected chi connectivity index (χ0v) is 19.7. The molecule has 29 heavy (non-hydrogen) atoms. The van der Waals surface area contributed by atoms with Gasteiger partial charge >= 0.3 is 0 Å². The van der Waals surface area contributed by atoms with Gasteiger partial charge in [0, 0.05) is 39.2 Å². The number of nitrogens with one attached hydrogen (secondary N) is 2. The van der Waals surface area contributed by atoms with Crippen molar-refractivity contribution in [2.75, 3.05) is 33.0 Å². The summed E-state index contributed by atoms with van der Waals surface area (Å²) in [6, 6.07) is 0.587. The molecule has 1 saturated carbocycles. The van der Waals surface area contributed by atoms with E-state index in [9.17, 15) is 0 Å². The molecule has 1 aliphatic carbocycles. The Kier molecular flexibility index (Phi) is 10.8. The number of aromatic nitrogens is 3. The number of nitrogens with zero attached hydrogens (tertiary/aromatic N) is 4. The lowest BCUT2D eigenvalue weighted by Gasteiger charge is -2.21. The molecule has 0 radical (unpaired) electrons. The maximum Gasteiger partial charge on any atom is 0.191 e. The summed E-state index contributed by atoms with van der Waals surface area (Å²) in [6.07, 6.45) is 10.5. The van der Waals surface area contributed by atoms with Crippen LogP contribution in [-0.4, -0.2) is 59.8 Å². The lowest BCUT2D eigenvalue weighted by molar-refractivity contribution is 0.0258. The predicted molar refractivity (Wildman–Crippen MR) is 122 cm³/mol. The summed E-state index contributed by atoms with van der Waals surface area (Å²) in [6.45, 7) is 8.96. The third-order valence-electron chi connectivity index (χ3n) is 5.55. The van der Waals surface area contributed by atoms with Crippen LogP contribution in [0.4, 0.5) is 0 Å². The lowest BCUT2D eigenvalue weighted by atomic mass is 10.0. The molecule has 1 aliphatic rings. The summed E-state index contributed by atoms with van der Waals surface area (Å²) in [5.74, 6) is 2.50. The Morgan fingerprint density at radius 2 is 1.97 bits per heavy atom. The molecule has 1 heterocycles. The third-order valence-corrected chi connectivity index (χ3v) is 6.19. The molecule has 2 N–H and O–H groups in total. The quantitative estimate of drug-likeness (QED) is 0.231. The molecule has 0 aliphatic heterocycles. The first-order valence-corrected chi connectivity index (χ1v) is 12.4. The monoisotopic (exact) mass is 424 g/mol. The molecule has 1 aromatic rings. The van der Waals surface area contributed by atoms with Crippen LogP contribution in [0.1, 0.15) is 71.2 Å². The zero-order valence-electron chi connectivity index (χ0n) is 18.9. The Bertz CT molecular complexity index is 612. The highest BCUT2D eigenvalue weighted by Gasteiger charge is 2.23. The Morgan fingerprint density at radius 3 is 2.59 bits per heavy atom. The van der Waals surface area contributed by atoms with Crippen molar-refractivity contribution in [2.45, 2.75) is 83.0 Å². The Balaban J connectivity index is 1.74. The standard InChI is InChI=1S/C21H40N6OS/c1-6-28-18(16(2)3)13-15-24-20(22-4)23-14-9-12-19-25-26-21(29-5)27(19)17-10-7-8-11-17/h16-18H,6-15H2,1-5H3,(H2,22,23,24). The summed E-state index contributed by atoms with van der Waals surface area (Å²) >= 11 is 1.70. The van der Waals surface area contributed by atoms with Crippen molar-refractivity contribution in [3.05, 3.63) is 5.82 Å². The minimum atomic E-state index is 0.290. The SMILES string of the molecule is CCOC(CCNC(=NC)NCCCc1nnc(SC)n1C1CCCC1)C(C)C. The van der Waals surface area contributed by atoms with Crippen molar-refractivity contribution in [3.8, 4) is 0 Å². The maximum atomic E-state index is 5.81. The summed E-state index contributed by atoms with van der Waals surface area (Å²) in [5, 5.41) is 16.8. The topological polar surface area (TPSA) is 76.4 Å². The van der Waals surface area contributed by atoms with Crippen molar-refractivity contribution >= 4 is 17.7 Å². The zero-order chi connectivity index (χ0) is 21.1. The number of hydrogen-bond donors (Lipinski definition) is 2. The molecule has 1 aromatic heterocycles. The van der Waals surface area contributed by atoms with Gasteiger partial charge < -0.3 is 19.9 Å². The highest BCUT2D eigenvalue weighted by atomic mass is 32.2. The smallest absolute Gasteiger partial charge is 0.191 e. The molecule has 166 valence electrons. The van der Waals surface area contributed by atoms with Crippen LogP contribution in [0.3, 0.4) is 0 Å². The van der Waals surface area contributed by atoms with Crippen LogP contribution in [0.15, 0.2) is 10.1 Å². The van der Waals surface area contributed by atoms with Gasteiger partial charge in [0.2, 0.25) is 0 Å². The van der Waals surface area contributed by atoms with Gasteiger partial charge in [-0.2, -0.15) is 0 Å². The number of ether oxygens (including phenoxy) is 1. The van der Waals surface area contributed by atoms with Gasteiger partial charge in [0.1, 0.15) is 5.82 Å². The van der Waals surface area contributed by atoms with Gasteiger partial charge in [0.15, 0.2) is 11.1 Å². The van der Waals surface area contributed by atoms with Gasteiger partial charge in [-0.25, -0.2) is 0 Å². The largest absolute Gasteiger partial charge is 0.378 e. The summed E-state index contributed by atoms with van der Waals surface area (Å²) in [7, 11) is 1.82. The average Bonchev–Trinajstić information content (AvgIpc) is 3.37. The summed E-state index contributed by atoms with van der Waals surface area (Å²) in [4.78, 5) is 4.34. The highest BCUT2D eigenvalue weighted by Crippen LogP contribution is 2.33.